The standard InChI is InChI=1S/C8H17NO.CH4/c1-8(2,3)9-4-6-10-7-5-9;/h4-7H2,1-3H3;1H4. The molecule has 2 heteroatoms. The van der Waals surface area contributed by atoms with E-state index in [-0.39, 0.29) is 7.43 Å². The summed E-state index contributed by atoms with van der Waals surface area (Å²) in [6, 6.07) is 0. The van der Waals surface area contributed by atoms with Gasteiger partial charge in [-0.25, -0.2) is 0 Å². The Morgan fingerprint density at radius 1 is 1.09 bits per heavy atom. The highest BCUT2D eigenvalue weighted by atomic mass is 16.5. The topological polar surface area (TPSA) is 12.5 Å². The smallest absolute Gasteiger partial charge is 0.0594 e. The van der Waals surface area contributed by atoms with Gasteiger partial charge in [-0.2, -0.15) is 0 Å². The predicted octanol–water partition coefficient (Wildman–Crippen LogP) is 1.75. The molecule has 0 aromatic rings. The normalized spacial score (nSPS) is 21.0. The number of hydrogen-bond donors (Lipinski definition) is 0. The van der Waals surface area contributed by atoms with Gasteiger partial charge in [0.15, 0.2) is 0 Å². The van der Waals surface area contributed by atoms with Crippen molar-refractivity contribution < 1.29 is 4.74 Å². The van der Waals surface area contributed by atoms with Crippen LogP contribution in [0.2, 0.25) is 0 Å². The minimum atomic E-state index is 0. The first kappa shape index (κ1) is 10.9. The third kappa shape index (κ3) is 3.21. The van der Waals surface area contributed by atoms with E-state index >= 15 is 0 Å². The summed E-state index contributed by atoms with van der Waals surface area (Å²) in [7, 11) is 0. The summed E-state index contributed by atoms with van der Waals surface area (Å²) in [5.41, 5.74) is 0.323. The van der Waals surface area contributed by atoms with Crippen molar-refractivity contribution in [1.29, 1.82) is 0 Å². The van der Waals surface area contributed by atoms with E-state index in [0.717, 1.165) is 26.3 Å². The summed E-state index contributed by atoms with van der Waals surface area (Å²) in [6.45, 7) is 10.7. The monoisotopic (exact) mass is 159 g/mol. The molecule has 1 saturated heterocycles. The molecule has 1 aliphatic rings. The predicted molar refractivity (Wildman–Crippen MR) is 48.9 cm³/mol. The zero-order valence-electron chi connectivity index (χ0n) is 7.18. The average molecular weight is 159 g/mol. The van der Waals surface area contributed by atoms with Gasteiger partial charge in [0.05, 0.1) is 13.2 Å². The molecule has 1 fully saturated rings. The van der Waals surface area contributed by atoms with Crippen molar-refractivity contribution in [2.45, 2.75) is 33.7 Å². The molecule has 0 radical (unpaired) electrons. The Hall–Kier alpha value is -0.0800. The number of hydrogen-bond acceptors (Lipinski definition) is 2. The van der Waals surface area contributed by atoms with Crippen LogP contribution in [0.5, 0.6) is 0 Å². The second kappa shape index (κ2) is 4.07. The SMILES string of the molecule is C.CC(C)(C)N1CCOCC1. The van der Waals surface area contributed by atoms with Crippen molar-refractivity contribution in [3.8, 4) is 0 Å². The number of rotatable bonds is 0. The van der Waals surface area contributed by atoms with Gasteiger partial charge < -0.3 is 4.74 Å². The molecule has 68 valence electrons. The lowest BCUT2D eigenvalue weighted by Crippen LogP contribution is -2.47. The fraction of sp³-hybridized carbons (Fsp3) is 1.00. The minimum absolute atomic E-state index is 0. The van der Waals surface area contributed by atoms with Crippen molar-refractivity contribution in [3.05, 3.63) is 0 Å². The van der Waals surface area contributed by atoms with Crippen LogP contribution in [-0.4, -0.2) is 36.7 Å². The molecule has 0 unspecified atom stereocenters. The molecule has 2 nitrogen and oxygen atoms in total. The molecule has 1 heterocycles. The van der Waals surface area contributed by atoms with E-state index in [0.29, 0.717) is 5.54 Å². The molecular weight excluding hydrogens is 138 g/mol. The molecule has 0 aromatic carbocycles. The number of ether oxygens (including phenoxy) is 1. The zero-order chi connectivity index (χ0) is 7.61. The van der Waals surface area contributed by atoms with Crippen molar-refractivity contribution in [1.82, 2.24) is 4.90 Å². The minimum Gasteiger partial charge on any atom is -0.379 e. The third-order valence-electron chi connectivity index (χ3n) is 1.96. The van der Waals surface area contributed by atoms with Crippen LogP contribution in [0.1, 0.15) is 28.2 Å². The van der Waals surface area contributed by atoms with Gasteiger partial charge in [0.1, 0.15) is 0 Å². The van der Waals surface area contributed by atoms with Crippen molar-refractivity contribution in [3.63, 3.8) is 0 Å². The van der Waals surface area contributed by atoms with Gasteiger partial charge in [0.25, 0.3) is 0 Å². The van der Waals surface area contributed by atoms with Gasteiger partial charge in [0, 0.05) is 18.6 Å². The largest absolute Gasteiger partial charge is 0.379 e. The fourth-order valence-corrected chi connectivity index (χ4v) is 1.23. The molecule has 11 heavy (non-hydrogen) atoms. The lowest BCUT2D eigenvalue weighted by molar-refractivity contribution is -0.00389. The summed E-state index contributed by atoms with van der Waals surface area (Å²) in [5, 5.41) is 0. The average Bonchev–Trinajstić information content (AvgIpc) is 1.88. The molecule has 0 bridgehead atoms. The summed E-state index contributed by atoms with van der Waals surface area (Å²) in [6.07, 6.45) is 0. The maximum absolute atomic E-state index is 5.25. The van der Waals surface area contributed by atoms with Crippen LogP contribution in [0, 0.1) is 0 Å². The van der Waals surface area contributed by atoms with Crippen molar-refractivity contribution in [2.24, 2.45) is 0 Å². The Morgan fingerprint density at radius 3 is 1.82 bits per heavy atom. The van der Waals surface area contributed by atoms with Crippen LogP contribution in [0.4, 0.5) is 0 Å². The van der Waals surface area contributed by atoms with Crippen LogP contribution < -0.4 is 0 Å². The second-order valence-corrected chi connectivity index (χ2v) is 3.77. The van der Waals surface area contributed by atoms with E-state index in [1.54, 1.807) is 0 Å². The van der Waals surface area contributed by atoms with Gasteiger partial charge in [-0.1, -0.05) is 7.43 Å². The van der Waals surface area contributed by atoms with Crippen LogP contribution in [-0.2, 0) is 4.74 Å². The second-order valence-electron chi connectivity index (χ2n) is 3.77. The molecule has 0 aliphatic carbocycles. The van der Waals surface area contributed by atoms with E-state index in [2.05, 4.69) is 25.7 Å². The Balaban J connectivity index is 0.000001000. The van der Waals surface area contributed by atoms with Crippen LogP contribution in [0.15, 0.2) is 0 Å². The molecule has 0 atom stereocenters. The van der Waals surface area contributed by atoms with Crippen LogP contribution in [0.25, 0.3) is 0 Å². The summed E-state index contributed by atoms with van der Waals surface area (Å²) in [5.74, 6) is 0. The van der Waals surface area contributed by atoms with E-state index < -0.39 is 0 Å². The van der Waals surface area contributed by atoms with Crippen LogP contribution in [0.3, 0.4) is 0 Å². The first-order valence-corrected chi connectivity index (χ1v) is 3.93. The summed E-state index contributed by atoms with van der Waals surface area (Å²) in [4.78, 5) is 2.45. The Bertz CT molecular complexity index is 101. The van der Waals surface area contributed by atoms with Gasteiger partial charge in [0.2, 0.25) is 0 Å². The number of nitrogens with zero attached hydrogens (tertiary/aromatic N) is 1. The van der Waals surface area contributed by atoms with Crippen molar-refractivity contribution >= 4 is 0 Å². The maximum Gasteiger partial charge on any atom is 0.0594 e. The first-order valence-electron chi connectivity index (χ1n) is 3.93. The molecule has 0 aromatic heterocycles. The van der Waals surface area contributed by atoms with Gasteiger partial charge in [-0.3, -0.25) is 4.90 Å². The highest BCUT2D eigenvalue weighted by molar-refractivity contribution is 4.77. The van der Waals surface area contributed by atoms with E-state index in [9.17, 15) is 0 Å². The summed E-state index contributed by atoms with van der Waals surface area (Å²) >= 11 is 0. The lowest BCUT2D eigenvalue weighted by Gasteiger charge is -2.38. The third-order valence-corrected chi connectivity index (χ3v) is 1.96. The molecule has 1 aliphatic heterocycles. The Kier molecular flexibility index (Phi) is 4.04. The van der Waals surface area contributed by atoms with E-state index in [1.165, 1.54) is 0 Å². The lowest BCUT2D eigenvalue weighted by atomic mass is 10.1. The van der Waals surface area contributed by atoms with Gasteiger partial charge in [-0.15, -0.1) is 0 Å². The number of morpholine rings is 1. The van der Waals surface area contributed by atoms with Crippen molar-refractivity contribution in [2.75, 3.05) is 26.3 Å². The molecular formula is C9H21NO. The highest BCUT2D eigenvalue weighted by Gasteiger charge is 2.22. The molecule has 0 spiro atoms. The molecule has 0 amide bonds. The zero-order valence-corrected chi connectivity index (χ0v) is 7.18. The van der Waals surface area contributed by atoms with Gasteiger partial charge in [-0.05, 0) is 20.8 Å². The first-order chi connectivity index (χ1) is 4.61. The molecule has 0 saturated carbocycles. The fourth-order valence-electron chi connectivity index (χ4n) is 1.23. The van der Waals surface area contributed by atoms with E-state index in [4.69, 9.17) is 4.74 Å². The molecule has 1 rings (SSSR count). The van der Waals surface area contributed by atoms with E-state index in [1.807, 2.05) is 0 Å². The maximum atomic E-state index is 5.25. The quantitative estimate of drug-likeness (QED) is 0.534. The Morgan fingerprint density at radius 2 is 1.55 bits per heavy atom. The highest BCUT2D eigenvalue weighted by Crippen LogP contribution is 2.13. The van der Waals surface area contributed by atoms with Gasteiger partial charge >= 0.3 is 0 Å². The summed E-state index contributed by atoms with van der Waals surface area (Å²) < 4.78 is 5.25. The van der Waals surface area contributed by atoms with Crippen LogP contribution >= 0.6 is 0 Å². The Labute approximate surface area is 70.5 Å². The molecule has 0 N–H and O–H groups in total.